The number of benzene rings is 1. The normalized spacial score (nSPS) is 14.4. The van der Waals surface area contributed by atoms with Crippen molar-refractivity contribution in [2.75, 3.05) is 11.9 Å². The van der Waals surface area contributed by atoms with Gasteiger partial charge >= 0.3 is 6.18 Å². The molecule has 0 saturated heterocycles. The molecule has 0 spiro atoms. The van der Waals surface area contributed by atoms with Gasteiger partial charge in [-0.25, -0.2) is 9.97 Å². The third-order valence-corrected chi connectivity index (χ3v) is 5.62. The molecule has 4 aromatic rings. The predicted octanol–water partition coefficient (Wildman–Crippen LogP) is 5.20. The molecule has 0 radical (unpaired) electrons. The van der Waals surface area contributed by atoms with Gasteiger partial charge in [-0.2, -0.15) is 13.2 Å². The van der Waals surface area contributed by atoms with Crippen LogP contribution in [0.5, 0.6) is 0 Å². The summed E-state index contributed by atoms with van der Waals surface area (Å²) >= 11 is 0. The van der Waals surface area contributed by atoms with Crippen molar-refractivity contribution in [2.45, 2.75) is 25.7 Å². The monoisotopic (exact) mass is 479 g/mol. The molecule has 10 heteroatoms. The Morgan fingerprint density at radius 2 is 1.89 bits per heavy atom. The molecule has 35 heavy (non-hydrogen) atoms. The highest BCUT2D eigenvalue weighted by Crippen LogP contribution is 2.30. The number of hydrogen-bond acceptors (Lipinski definition) is 5. The number of halogens is 3. The molecule has 2 bridgehead atoms. The van der Waals surface area contributed by atoms with Crippen molar-refractivity contribution in [1.29, 1.82) is 0 Å². The number of aryl methyl sites for hydroxylation is 1. The molecule has 4 heterocycles. The summed E-state index contributed by atoms with van der Waals surface area (Å²) in [5.74, 6) is 0.638. The Bertz CT molecular complexity index is 1370. The lowest BCUT2D eigenvalue weighted by Gasteiger charge is -2.15. The maximum Gasteiger partial charge on any atom is 0.433 e. The van der Waals surface area contributed by atoms with E-state index in [9.17, 15) is 18.0 Å². The first-order valence-corrected chi connectivity index (χ1v) is 10.9. The van der Waals surface area contributed by atoms with E-state index in [-0.39, 0.29) is 6.61 Å². The molecule has 1 aliphatic rings. The standard InChI is InChI=1S/C25H20F3N5O2/c26-25(27,28)21-8-7-17(14-30-21)16-5-6-18-15-35-12-2-10-33-11-9-29-23(33)20-3-1-4-22(31-20)32-24(34)19(18)13-16/h1,3-9,11,13-14H,2,10,12,15H2,(H,31,32,34). The van der Waals surface area contributed by atoms with Crippen molar-refractivity contribution in [2.24, 2.45) is 0 Å². The minimum atomic E-state index is -4.52. The van der Waals surface area contributed by atoms with Gasteiger partial charge < -0.3 is 14.6 Å². The third kappa shape index (κ3) is 4.92. The predicted molar refractivity (Wildman–Crippen MR) is 122 cm³/mol. The summed E-state index contributed by atoms with van der Waals surface area (Å²) in [6.07, 6.45) is 0.941. The minimum absolute atomic E-state index is 0.207. The van der Waals surface area contributed by atoms with Crippen LogP contribution >= 0.6 is 0 Å². The second kappa shape index (κ2) is 9.30. The Morgan fingerprint density at radius 3 is 2.69 bits per heavy atom. The van der Waals surface area contributed by atoms with Crippen LogP contribution in [0.3, 0.4) is 0 Å². The molecule has 0 fully saturated rings. The fourth-order valence-corrected chi connectivity index (χ4v) is 3.88. The van der Waals surface area contributed by atoms with Gasteiger partial charge in [0.25, 0.3) is 5.91 Å². The van der Waals surface area contributed by atoms with Gasteiger partial charge in [0, 0.05) is 42.9 Å². The number of amides is 1. The number of fused-ring (bicyclic) bond motifs is 5. The summed E-state index contributed by atoms with van der Waals surface area (Å²) in [6.45, 7) is 1.37. The quantitative estimate of drug-likeness (QED) is 0.406. The Morgan fingerprint density at radius 1 is 1.03 bits per heavy atom. The van der Waals surface area contributed by atoms with E-state index in [1.54, 1.807) is 36.5 Å². The molecule has 178 valence electrons. The van der Waals surface area contributed by atoms with Crippen LogP contribution in [0.25, 0.3) is 22.6 Å². The maximum absolute atomic E-state index is 13.3. The topological polar surface area (TPSA) is 81.9 Å². The summed E-state index contributed by atoms with van der Waals surface area (Å²) in [7, 11) is 0. The van der Waals surface area contributed by atoms with E-state index in [2.05, 4.69) is 20.3 Å². The van der Waals surface area contributed by atoms with Gasteiger partial charge in [0.05, 0.1) is 6.61 Å². The first kappa shape index (κ1) is 22.7. The molecule has 0 atom stereocenters. The van der Waals surface area contributed by atoms with Crippen molar-refractivity contribution in [1.82, 2.24) is 19.5 Å². The number of carbonyl (C=O) groups excluding carboxylic acids is 1. The van der Waals surface area contributed by atoms with Crippen LogP contribution in [0.15, 0.2) is 67.1 Å². The van der Waals surface area contributed by atoms with E-state index in [1.807, 2.05) is 16.8 Å². The molecule has 1 aromatic carbocycles. The van der Waals surface area contributed by atoms with Crippen LogP contribution in [0, 0.1) is 0 Å². The number of ether oxygens (including phenoxy) is 1. The molecule has 0 saturated carbocycles. The fourth-order valence-electron chi connectivity index (χ4n) is 3.88. The lowest BCUT2D eigenvalue weighted by atomic mass is 9.99. The summed E-state index contributed by atoms with van der Waals surface area (Å²) in [4.78, 5) is 25.7. The highest BCUT2D eigenvalue weighted by atomic mass is 19.4. The Labute approximate surface area is 198 Å². The van der Waals surface area contributed by atoms with E-state index in [0.717, 1.165) is 18.7 Å². The lowest BCUT2D eigenvalue weighted by molar-refractivity contribution is -0.141. The van der Waals surface area contributed by atoms with Crippen LogP contribution < -0.4 is 5.32 Å². The molecular weight excluding hydrogens is 459 g/mol. The SMILES string of the molecule is O=C1Nc2cccc(n2)-c2nccn2CCCOCc2ccc(-c3ccc(C(F)(F)F)nc3)cc21. The van der Waals surface area contributed by atoms with E-state index in [1.165, 1.54) is 6.07 Å². The number of anilines is 1. The van der Waals surface area contributed by atoms with Crippen molar-refractivity contribution in [3.05, 3.63) is 83.9 Å². The summed E-state index contributed by atoms with van der Waals surface area (Å²) in [5, 5.41) is 2.82. The van der Waals surface area contributed by atoms with Crippen LogP contribution in [0.4, 0.5) is 19.0 Å². The molecule has 7 nitrogen and oxygen atoms in total. The van der Waals surface area contributed by atoms with Crippen molar-refractivity contribution < 1.29 is 22.7 Å². The number of nitrogens with zero attached hydrogens (tertiary/aromatic N) is 4. The largest absolute Gasteiger partial charge is 0.433 e. The average molecular weight is 479 g/mol. The number of hydrogen-bond donors (Lipinski definition) is 1. The zero-order valence-electron chi connectivity index (χ0n) is 18.4. The number of pyridine rings is 2. The number of rotatable bonds is 1. The number of alkyl halides is 3. The van der Waals surface area contributed by atoms with E-state index in [4.69, 9.17) is 4.74 Å². The van der Waals surface area contributed by atoms with Gasteiger partial charge in [-0.15, -0.1) is 0 Å². The van der Waals surface area contributed by atoms with Gasteiger partial charge in [-0.1, -0.05) is 24.3 Å². The molecule has 5 rings (SSSR count). The van der Waals surface area contributed by atoms with Crippen molar-refractivity contribution in [3.63, 3.8) is 0 Å². The number of nitrogens with one attached hydrogen (secondary N) is 1. The molecular formula is C25H20F3N5O2. The molecule has 1 amide bonds. The number of carbonyl (C=O) groups is 1. The van der Waals surface area contributed by atoms with E-state index >= 15 is 0 Å². The number of aromatic nitrogens is 4. The van der Waals surface area contributed by atoms with Crippen LogP contribution in [-0.4, -0.2) is 32.0 Å². The summed E-state index contributed by atoms with van der Waals surface area (Å²) in [6, 6.07) is 12.6. The Kier molecular flexibility index (Phi) is 6.04. The summed E-state index contributed by atoms with van der Waals surface area (Å²) in [5.41, 5.74) is 1.66. The smallest absolute Gasteiger partial charge is 0.377 e. The minimum Gasteiger partial charge on any atom is -0.377 e. The molecule has 1 aliphatic heterocycles. The average Bonchev–Trinajstić information content (AvgIpc) is 3.32. The molecule has 0 aliphatic carbocycles. The summed E-state index contributed by atoms with van der Waals surface area (Å²) < 4.78 is 46.5. The van der Waals surface area contributed by atoms with Gasteiger partial charge in [0.2, 0.25) is 0 Å². The highest BCUT2D eigenvalue weighted by molar-refractivity contribution is 6.05. The second-order valence-electron chi connectivity index (χ2n) is 8.01. The highest BCUT2D eigenvalue weighted by Gasteiger charge is 2.32. The van der Waals surface area contributed by atoms with Crippen LogP contribution in [0.2, 0.25) is 0 Å². The number of imidazole rings is 1. The van der Waals surface area contributed by atoms with Gasteiger partial charge in [-0.3, -0.25) is 9.78 Å². The van der Waals surface area contributed by atoms with Crippen LogP contribution in [-0.2, 0) is 24.1 Å². The molecule has 3 aromatic heterocycles. The van der Waals surface area contributed by atoms with Crippen molar-refractivity contribution in [3.8, 4) is 22.6 Å². The van der Waals surface area contributed by atoms with Gasteiger partial charge in [-0.05, 0) is 41.8 Å². The Hall–Kier alpha value is -4.05. The zero-order valence-corrected chi connectivity index (χ0v) is 18.4. The van der Waals surface area contributed by atoms with Crippen LogP contribution in [0.1, 0.15) is 28.0 Å². The zero-order chi connectivity index (χ0) is 24.4. The third-order valence-electron chi connectivity index (χ3n) is 5.62. The second-order valence-corrected chi connectivity index (χ2v) is 8.01. The first-order valence-electron chi connectivity index (χ1n) is 10.9. The van der Waals surface area contributed by atoms with E-state index < -0.39 is 17.8 Å². The van der Waals surface area contributed by atoms with Gasteiger partial charge in [0.15, 0.2) is 5.82 Å². The fraction of sp³-hybridized carbons (Fsp3) is 0.200. The molecule has 1 N–H and O–H groups in total. The van der Waals surface area contributed by atoms with Crippen molar-refractivity contribution >= 4 is 11.7 Å². The maximum atomic E-state index is 13.3. The molecule has 0 unspecified atom stereocenters. The van der Waals surface area contributed by atoms with E-state index in [0.29, 0.717) is 52.7 Å². The first-order chi connectivity index (χ1) is 16.9. The Balaban J connectivity index is 1.50. The lowest BCUT2D eigenvalue weighted by Crippen LogP contribution is -2.17. The van der Waals surface area contributed by atoms with Gasteiger partial charge in [0.1, 0.15) is 17.2 Å².